The molecule has 1 aliphatic carbocycles. The highest BCUT2D eigenvalue weighted by Gasteiger charge is 2.27. The number of hydrogen-bond donors (Lipinski definition) is 1. The molecule has 2 aromatic rings. The summed E-state index contributed by atoms with van der Waals surface area (Å²) in [7, 11) is 0. The van der Waals surface area contributed by atoms with Crippen LogP contribution in [0.1, 0.15) is 35.1 Å². The van der Waals surface area contributed by atoms with Gasteiger partial charge >= 0.3 is 0 Å². The zero-order chi connectivity index (χ0) is 13.8. The topological polar surface area (TPSA) is 63.8 Å². The van der Waals surface area contributed by atoms with Crippen molar-refractivity contribution in [3.63, 3.8) is 0 Å². The van der Waals surface area contributed by atoms with Crippen LogP contribution in [0.5, 0.6) is 0 Å². The van der Waals surface area contributed by atoms with Crippen molar-refractivity contribution in [3.8, 4) is 11.8 Å². The van der Waals surface area contributed by atoms with Gasteiger partial charge in [0.1, 0.15) is 0 Å². The summed E-state index contributed by atoms with van der Waals surface area (Å²) in [5, 5.41) is 21.5. The SMILES string of the molecule is OCCC#Cc1ccc(CSc2nnnn2C2CC2)s1. The van der Waals surface area contributed by atoms with E-state index in [0.29, 0.717) is 12.5 Å². The van der Waals surface area contributed by atoms with Crippen molar-refractivity contribution in [3.05, 3.63) is 21.9 Å². The van der Waals surface area contributed by atoms with Crippen LogP contribution in [0.25, 0.3) is 0 Å². The predicted molar refractivity (Wildman–Crippen MR) is 78.5 cm³/mol. The van der Waals surface area contributed by atoms with Crippen LogP contribution in [-0.2, 0) is 5.75 Å². The van der Waals surface area contributed by atoms with E-state index >= 15 is 0 Å². The van der Waals surface area contributed by atoms with Crippen LogP contribution in [0.15, 0.2) is 17.3 Å². The Morgan fingerprint density at radius 3 is 3.15 bits per heavy atom. The third-order valence-corrected chi connectivity index (χ3v) is 4.97. The molecule has 2 aromatic heterocycles. The van der Waals surface area contributed by atoms with Gasteiger partial charge in [-0.15, -0.1) is 16.4 Å². The molecule has 20 heavy (non-hydrogen) atoms. The highest BCUT2D eigenvalue weighted by atomic mass is 32.2. The minimum atomic E-state index is 0.116. The first-order chi connectivity index (χ1) is 9.86. The van der Waals surface area contributed by atoms with Crippen LogP contribution < -0.4 is 0 Å². The van der Waals surface area contributed by atoms with E-state index in [9.17, 15) is 0 Å². The van der Waals surface area contributed by atoms with Crippen molar-refractivity contribution in [1.82, 2.24) is 20.2 Å². The lowest BCUT2D eigenvalue weighted by Gasteiger charge is -2.00. The Labute approximate surface area is 125 Å². The zero-order valence-electron chi connectivity index (χ0n) is 10.8. The molecule has 1 fully saturated rings. The molecule has 0 atom stereocenters. The summed E-state index contributed by atoms with van der Waals surface area (Å²) >= 11 is 3.35. The molecule has 0 amide bonds. The van der Waals surface area contributed by atoms with Gasteiger partial charge in [-0.25, -0.2) is 4.68 Å². The van der Waals surface area contributed by atoms with Crippen LogP contribution in [0, 0.1) is 11.8 Å². The standard InChI is InChI=1S/C13H14N4OS2/c18-8-2-1-3-11-6-7-12(20-11)9-19-13-14-15-16-17(13)10-4-5-10/h6-7,10,18H,2,4-5,8-9H2. The van der Waals surface area contributed by atoms with Crippen molar-refractivity contribution < 1.29 is 5.11 Å². The third kappa shape index (κ3) is 3.39. The molecule has 1 N–H and O–H groups in total. The van der Waals surface area contributed by atoms with E-state index in [1.807, 2.05) is 10.7 Å². The van der Waals surface area contributed by atoms with Crippen LogP contribution in [-0.4, -0.2) is 31.9 Å². The van der Waals surface area contributed by atoms with Gasteiger partial charge in [-0.3, -0.25) is 0 Å². The summed E-state index contributed by atoms with van der Waals surface area (Å²) in [6, 6.07) is 4.62. The van der Waals surface area contributed by atoms with Gasteiger partial charge in [-0.2, -0.15) is 0 Å². The molecule has 0 bridgehead atoms. The normalized spacial score (nSPS) is 14.1. The lowest BCUT2D eigenvalue weighted by Crippen LogP contribution is -1.98. The summed E-state index contributed by atoms with van der Waals surface area (Å²) in [6.45, 7) is 0.116. The number of rotatable bonds is 5. The van der Waals surface area contributed by atoms with Crippen molar-refractivity contribution in [2.75, 3.05) is 6.61 Å². The number of aliphatic hydroxyl groups is 1. The molecule has 0 unspecified atom stereocenters. The van der Waals surface area contributed by atoms with E-state index in [1.54, 1.807) is 23.1 Å². The molecule has 104 valence electrons. The fourth-order valence-electron chi connectivity index (χ4n) is 1.69. The Hall–Kier alpha value is -1.36. The van der Waals surface area contributed by atoms with Gasteiger partial charge in [-0.05, 0) is 35.4 Å². The van der Waals surface area contributed by atoms with Crippen molar-refractivity contribution in [2.24, 2.45) is 0 Å². The Morgan fingerprint density at radius 1 is 1.45 bits per heavy atom. The summed E-state index contributed by atoms with van der Waals surface area (Å²) in [6.07, 6.45) is 2.89. The summed E-state index contributed by atoms with van der Waals surface area (Å²) in [5.41, 5.74) is 0. The molecule has 5 nitrogen and oxygen atoms in total. The maximum Gasteiger partial charge on any atom is 0.209 e. The molecular weight excluding hydrogens is 292 g/mol. The van der Waals surface area contributed by atoms with Crippen LogP contribution in [0.4, 0.5) is 0 Å². The molecule has 0 radical (unpaired) electrons. The Bertz CT molecular complexity index is 636. The molecule has 0 aromatic carbocycles. The van der Waals surface area contributed by atoms with Gasteiger partial charge in [-0.1, -0.05) is 23.6 Å². The lowest BCUT2D eigenvalue weighted by atomic mass is 10.4. The minimum Gasteiger partial charge on any atom is -0.395 e. The van der Waals surface area contributed by atoms with Crippen molar-refractivity contribution >= 4 is 23.1 Å². The molecule has 2 heterocycles. The quantitative estimate of drug-likeness (QED) is 0.677. The van der Waals surface area contributed by atoms with E-state index < -0.39 is 0 Å². The molecule has 7 heteroatoms. The van der Waals surface area contributed by atoms with E-state index in [2.05, 4.69) is 33.4 Å². The maximum absolute atomic E-state index is 8.69. The number of tetrazole rings is 1. The fraction of sp³-hybridized carbons (Fsp3) is 0.462. The molecule has 0 aliphatic heterocycles. The zero-order valence-corrected chi connectivity index (χ0v) is 12.5. The molecule has 0 spiro atoms. The van der Waals surface area contributed by atoms with Crippen LogP contribution in [0.2, 0.25) is 0 Å². The van der Waals surface area contributed by atoms with Gasteiger partial charge < -0.3 is 5.11 Å². The van der Waals surface area contributed by atoms with Gasteiger partial charge in [0.05, 0.1) is 17.5 Å². The first-order valence-electron chi connectivity index (χ1n) is 6.46. The Morgan fingerprint density at radius 2 is 2.35 bits per heavy atom. The number of nitrogens with zero attached hydrogens (tertiary/aromatic N) is 4. The average Bonchev–Trinajstić information content (AvgIpc) is 3.02. The molecule has 1 aliphatic rings. The molecule has 1 saturated carbocycles. The van der Waals surface area contributed by atoms with Crippen LogP contribution >= 0.6 is 23.1 Å². The van der Waals surface area contributed by atoms with Crippen molar-refractivity contribution in [1.29, 1.82) is 0 Å². The second-order valence-corrected chi connectivity index (χ2v) is 6.58. The van der Waals surface area contributed by atoms with Gasteiger partial charge in [0, 0.05) is 17.1 Å². The minimum absolute atomic E-state index is 0.116. The second kappa shape index (κ2) is 6.39. The number of aliphatic hydroxyl groups excluding tert-OH is 1. The first-order valence-corrected chi connectivity index (χ1v) is 8.26. The lowest BCUT2D eigenvalue weighted by molar-refractivity contribution is 0.305. The molecule has 0 saturated heterocycles. The first kappa shape index (κ1) is 13.6. The number of aromatic nitrogens is 4. The van der Waals surface area contributed by atoms with E-state index in [4.69, 9.17) is 5.11 Å². The Kier molecular flexibility index (Phi) is 4.35. The largest absolute Gasteiger partial charge is 0.395 e. The van der Waals surface area contributed by atoms with Gasteiger partial charge in [0.2, 0.25) is 5.16 Å². The fourth-order valence-corrected chi connectivity index (χ4v) is 3.56. The maximum atomic E-state index is 8.69. The Balaban J connectivity index is 1.58. The third-order valence-electron chi connectivity index (χ3n) is 2.81. The smallest absolute Gasteiger partial charge is 0.209 e. The average molecular weight is 306 g/mol. The summed E-state index contributed by atoms with van der Waals surface area (Å²) in [4.78, 5) is 2.30. The molecule has 3 rings (SSSR count). The van der Waals surface area contributed by atoms with Crippen LogP contribution in [0.3, 0.4) is 0 Å². The number of hydrogen-bond acceptors (Lipinski definition) is 6. The highest BCUT2D eigenvalue weighted by Crippen LogP contribution is 2.37. The van der Waals surface area contributed by atoms with E-state index in [0.717, 1.165) is 15.8 Å². The summed E-state index contributed by atoms with van der Waals surface area (Å²) < 4.78 is 1.93. The number of thioether (sulfide) groups is 1. The number of thiophene rings is 1. The highest BCUT2D eigenvalue weighted by molar-refractivity contribution is 7.98. The van der Waals surface area contributed by atoms with Gasteiger partial charge in [0.25, 0.3) is 0 Å². The monoisotopic (exact) mass is 306 g/mol. The molecular formula is C13H14N4OS2. The second-order valence-electron chi connectivity index (χ2n) is 4.47. The van der Waals surface area contributed by atoms with Crippen molar-refractivity contribution in [2.45, 2.75) is 36.2 Å². The summed E-state index contributed by atoms with van der Waals surface area (Å²) in [5.74, 6) is 6.85. The van der Waals surface area contributed by atoms with Gasteiger partial charge in [0.15, 0.2) is 0 Å². The predicted octanol–water partition coefficient (Wildman–Crippen LogP) is 2.10. The van der Waals surface area contributed by atoms with E-state index in [-0.39, 0.29) is 6.61 Å². The van der Waals surface area contributed by atoms with E-state index in [1.165, 1.54) is 17.7 Å².